The number of nitrogens with zero attached hydrogens (tertiary/aromatic N) is 2. The summed E-state index contributed by atoms with van der Waals surface area (Å²) < 4.78 is 0. The van der Waals surface area contributed by atoms with Crippen LogP contribution in [0.25, 0.3) is 0 Å². The molecule has 0 aliphatic heterocycles. The Morgan fingerprint density at radius 1 is 1.20 bits per heavy atom. The molecule has 0 unspecified atom stereocenters. The summed E-state index contributed by atoms with van der Waals surface area (Å²) in [6.07, 6.45) is 2.32. The molecule has 0 radical (unpaired) electrons. The minimum atomic E-state index is 0.935. The first-order chi connectivity index (χ1) is 7.31. The maximum Gasteiger partial charge on any atom is 0.130 e. The van der Waals surface area contributed by atoms with Gasteiger partial charge in [0, 0.05) is 20.1 Å². The summed E-state index contributed by atoms with van der Waals surface area (Å²) in [7, 11) is 1.90. The summed E-state index contributed by atoms with van der Waals surface area (Å²) >= 11 is 0. The van der Waals surface area contributed by atoms with Crippen molar-refractivity contribution in [2.45, 2.75) is 26.7 Å². The zero-order chi connectivity index (χ0) is 11.1. The fraction of sp³-hybridized carbons (Fsp3) is 0.583. The van der Waals surface area contributed by atoms with Gasteiger partial charge in [-0.15, -0.1) is 0 Å². The van der Waals surface area contributed by atoms with E-state index in [1.54, 1.807) is 0 Å². The maximum atomic E-state index is 4.54. The van der Waals surface area contributed by atoms with Gasteiger partial charge in [-0.3, -0.25) is 0 Å². The average molecular weight is 207 g/mol. The molecule has 84 valence electrons. The van der Waals surface area contributed by atoms with E-state index in [1.165, 1.54) is 0 Å². The van der Waals surface area contributed by atoms with Crippen molar-refractivity contribution in [1.82, 2.24) is 4.98 Å². The fourth-order valence-corrected chi connectivity index (χ4v) is 1.62. The molecule has 3 heteroatoms. The first-order valence-corrected chi connectivity index (χ1v) is 5.71. The molecule has 0 saturated carbocycles. The Labute approximate surface area is 92.5 Å². The highest BCUT2D eigenvalue weighted by Crippen LogP contribution is 2.14. The van der Waals surface area contributed by atoms with Crippen molar-refractivity contribution in [2.75, 3.05) is 30.4 Å². The second-order valence-electron chi connectivity index (χ2n) is 3.62. The molecule has 0 bridgehead atoms. The third-order valence-corrected chi connectivity index (χ3v) is 2.30. The summed E-state index contributed by atoms with van der Waals surface area (Å²) in [5.74, 6) is 2.01. The lowest BCUT2D eigenvalue weighted by Gasteiger charge is -2.22. The first-order valence-electron chi connectivity index (χ1n) is 5.71. The van der Waals surface area contributed by atoms with Crippen LogP contribution in [0.15, 0.2) is 18.2 Å². The second kappa shape index (κ2) is 6.27. The predicted octanol–water partition coefficient (Wildman–Crippen LogP) is 2.75. The molecule has 0 spiro atoms. The van der Waals surface area contributed by atoms with Crippen molar-refractivity contribution < 1.29 is 0 Å². The summed E-state index contributed by atoms with van der Waals surface area (Å²) in [6, 6.07) is 6.11. The summed E-state index contributed by atoms with van der Waals surface area (Å²) in [5.41, 5.74) is 0. The molecule has 0 amide bonds. The molecule has 0 saturated heterocycles. The van der Waals surface area contributed by atoms with E-state index in [0.29, 0.717) is 0 Å². The number of pyridine rings is 1. The molecule has 1 heterocycles. The van der Waals surface area contributed by atoms with Gasteiger partial charge in [0.15, 0.2) is 0 Å². The summed E-state index contributed by atoms with van der Waals surface area (Å²) in [6.45, 7) is 6.55. The molecule has 1 aromatic heterocycles. The van der Waals surface area contributed by atoms with E-state index in [4.69, 9.17) is 0 Å². The largest absolute Gasteiger partial charge is 0.373 e. The van der Waals surface area contributed by atoms with Crippen LogP contribution in [0, 0.1) is 0 Å². The number of hydrogen-bond donors (Lipinski definition) is 1. The Bertz CT molecular complexity index is 280. The normalized spacial score (nSPS) is 10.1. The van der Waals surface area contributed by atoms with E-state index in [9.17, 15) is 0 Å². The van der Waals surface area contributed by atoms with Crippen molar-refractivity contribution >= 4 is 11.6 Å². The smallest absolute Gasteiger partial charge is 0.130 e. The van der Waals surface area contributed by atoms with E-state index >= 15 is 0 Å². The molecule has 0 aliphatic rings. The molecule has 0 aliphatic carbocycles. The van der Waals surface area contributed by atoms with Crippen molar-refractivity contribution in [3.8, 4) is 0 Å². The number of nitrogens with one attached hydrogen (secondary N) is 1. The molecular formula is C12H21N3. The Kier molecular flexibility index (Phi) is 4.95. The third-order valence-electron chi connectivity index (χ3n) is 2.30. The predicted molar refractivity (Wildman–Crippen MR) is 66.6 cm³/mol. The van der Waals surface area contributed by atoms with Crippen LogP contribution in [0.2, 0.25) is 0 Å². The van der Waals surface area contributed by atoms with Crippen molar-refractivity contribution in [1.29, 1.82) is 0 Å². The Hall–Kier alpha value is -1.25. The highest BCUT2D eigenvalue weighted by Gasteiger charge is 2.05. The topological polar surface area (TPSA) is 28.2 Å². The minimum absolute atomic E-state index is 0.935. The van der Waals surface area contributed by atoms with Crippen LogP contribution in [-0.2, 0) is 0 Å². The summed E-state index contributed by atoms with van der Waals surface area (Å²) in [5, 5.41) is 3.07. The maximum absolute atomic E-state index is 4.54. The van der Waals surface area contributed by atoms with Gasteiger partial charge in [-0.1, -0.05) is 19.9 Å². The molecule has 3 nitrogen and oxygen atoms in total. The monoisotopic (exact) mass is 207 g/mol. The molecule has 0 atom stereocenters. The standard InChI is InChI=1S/C12H21N3/c1-4-9-15(10-5-2)12-8-6-7-11(13-3)14-12/h6-8H,4-5,9-10H2,1-3H3,(H,13,14). The van der Waals surface area contributed by atoms with Gasteiger partial charge in [-0.2, -0.15) is 0 Å². The van der Waals surface area contributed by atoms with Gasteiger partial charge >= 0.3 is 0 Å². The van der Waals surface area contributed by atoms with Gasteiger partial charge in [0.05, 0.1) is 0 Å². The molecule has 1 N–H and O–H groups in total. The number of aromatic nitrogens is 1. The average Bonchev–Trinajstić information content (AvgIpc) is 2.29. The Morgan fingerprint density at radius 3 is 2.40 bits per heavy atom. The van der Waals surface area contributed by atoms with Gasteiger partial charge in [0.1, 0.15) is 11.6 Å². The molecule has 1 rings (SSSR count). The number of hydrogen-bond acceptors (Lipinski definition) is 3. The van der Waals surface area contributed by atoms with E-state index < -0.39 is 0 Å². The molecule has 1 aromatic rings. The Balaban J connectivity index is 2.79. The molecule has 0 fully saturated rings. The second-order valence-corrected chi connectivity index (χ2v) is 3.62. The van der Waals surface area contributed by atoms with E-state index in [-0.39, 0.29) is 0 Å². The quantitative estimate of drug-likeness (QED) is 0.777. The minimum Gasteiger partial charge on any atom is -0.373 e. The van der Waals surface area contributed by atoms with Crippen LogP contribution in [-0.4, -0.2) is 25.1 Å². The zero-order valence-electron chi connectivity index (χ0n) is 9.95. The van der Waals surface area contributed by atoms with Crippen LogP contribution in [0.5, 0.6) is 0 Å². The van der Waals surface area contributed by atoms with E-state index in [2.05, 4.69) is 35.1 Å². The van der Waals surface area contributed by atoms with E-state index in [0.717, 1.165) is 37.6 Å². The van der Waals surface area contributed by atoms with Crippen molar-refractivity contribution in [3.63, 3.8) is 0 Å². The third kappa shape index (κ3) is 3.42. The van der Waals surface area contributed by atoms with Gasteiger partial charge < -0.3 is 10.2 Å². The van der Waals surface area contributed by atoms with Gasteiger partial charge in [0.2, 0.25) is 0 Å². The van der Waals surface area contributed by atoms with Crippen molar-refractivity contribution in [2.24, 2.45) is 0 Å². The Morgan fingerprint density at radius 2 is 1.87 bits per heavy atom. The highest BCUT2D eigenvalue weighted by molar-refractivity contribution is 5.46. The van der Waals surface area contributed by atoms with Crippen LogP contribution in [0.4, 0.5) is 11.6 Å². The number of rotatable bonds is 6. The molecule has 15 heavy (non-hydrogen) atoms. The van der Waals surface area contributed by atoms with Gasteiger partial charge in [-0.05, 0) is 25.0 Å². The first kappa shape index (κ1) is 11.8. The van der Waals surface area contributed by atoms with Crippen LogP contribution < -0.4 is 10.2 Å². The zero-order valence-corrected chi connectivity index (χ0v) is 9.95. The van der Waals surface area contributed by atoms with Gasteiger partial charge in [-0.25, -0.2) is 4.98 Å². The van der Waals surface area contributed by atoms with Crippen LogP contribution >= 0.6 is 0 Å². The summed E-state index contributed by atoms with van der Waals surface area (Å²) in [4.78, 5) is 6.88. The SMILES string of the molecule is CCCN(CCC)c1cccc(NC)n1. The van der Waals surface area contributed by atoms with Crippen molar-refractivity contribution in [3.05, 3.63) is 18.2 Å². The van der Waals surface area contributed by atoms with Crippen LogP contribution in [0.1, 0.15) is 26.7 Å². The number of anilines is 2. The lowest BCUT2D eigenvalue weighted by Crippen LogP contribution is -2.25. The highest BCUT2D eigenvalue weighted by atomic mass is 15.2. The van der Waals surface area contributed by atoms with Gasteiger partial charge in [0.25, 0.3) is 0 Å². The molecule has 0 aromatic carbocycles. The van der Waals surface area contributed by atoms with E-state index in [1.807, 2.05) is 19.2 Å². The lowest BCUT2D eigenvalue weighted by atomic mass is 10.3. The van der Waals surface area contributed by atoms with Crippen LogP contribution in [0.3, 0.4) is 0 Å². The fourth-order valence-electron chi connectivity index (χ4n) is 1.62. The lowest BCUT2D eigenvalue weighted by molar-refractivity contribution is 0.735. The molecular weight excluding hydrogens is 186 g/mol.